The molecule has 0 saturated carbocycles. The zero-order valence-electron chi connectivity index (χ0n) is 16.4. The van der Waals surface area contributed by atoms with Gasteiger partial charge in [0.05, 0.1) is 6.61 Å². The highest BCUT2D eigenvalue weighted by Crippen LogP contribution is 2.27. The van der Waals surface area contributed by atoms with E-state index in [1.165, 1.54) is 21.1 Å². The van der Waals surface area contributed by atoms with E-state index in [-0.39, 0.29) is 36.2 Å². The Morgan fingerprint density at radius 3 is 2.86 bits per heavy atom. The first kappa shape index (κ1) is 21.0. The topological polar surface area (TPSA) is 111 Å². The molecule has 3 rings (SSSR count). The third kappa shape index (κ3) is 4.48. The molecule has 156 valence electrons. The van der Waals surface area contributed by atoms with Crippen molar-refractivity contribution in [1.29, 1.82) is 0 Å². The van der Waals surface area contributed by atoms with Gasteiger partial charge in [-0.1, -0.05) is 6.07 Å². The van der Waals surface area contributed by atoms with Crippen LogP contribution in [0, 0.1) is 0 Å². The number of esters is 1. The van der Waals surface area contributed by atoms with Crippen LogP contribution in [0.2, 0.25) is 0 Å². The highest BCUT2D eigenvalue weighted by molar-refractivity contribution is 7.89. The molecule has 0 aliphatic carbocycles. The highest BCUT2D eigenvalue weighted by atomic mass is 32.2. The Hall–Kier alpha value is -2.72. The number of nitrogens with one attached hydrogen (secondary N) is 1. The normalized spacial score (nSPS) is 17.2. The largest absolute Gasteiger partial charge is 0.461 e. The van der Waals surface area contributed by atoms with Crippen molar-refractivity contribution in [2.75, 3.05) is 13.2 Å². The van der Waals surface area contributed by atoms with Crippen LogP contribution >= 0.6 is 0 Å². The number of nitrogens with zero attached hydrogens (tertiary/aromatic N) is 3. The molecule has 0 aromatic carbocycles. The molecule has 1 aliphatic heterocycles. The van der Waals surface area contributed by atoms with Crippen LogP contribution in [0.15, 0.2) is 41.7 Å². The zero-order valence-corrected chi connectivity index (χ0v) is 17.2. The Bertz CT molecular complexity index is 987. The molecule has 0 bridgehead atoms. The molecule has 1 aliphatic rings. The molecular formula is C19H24N4O5S. The molecule has 1 amide bonds. The van der Waals surface area contributed by atoms with Gasteiger partial charge in [0, 0.05) is 38.7 Å². The van der Waals surface area contributed by atoms with E-state index >= 15 is 0 Å². The van der Waals surface area contributed by atoms with Crippen LogP contribution < -0.4 is 5.32 Å². The van der Waals surface area contributed by atoms with E-state index in [2.05, 4.69) is 10.3 Å². The fraction of sp³-hybridized carbons (Fsp3) is 0.421. The van der Waals surface area contributed by atoms with Crippen LogP contribution in [-0.2, 0) is 33.1 Å². The first-order chi connectivity index (χ1) is 13.8. The van der Waals surface area contributed by atoms with Crippen LogP contribution in [0.5, 0.6) is 0 Å². The van der Waals surface area contributed by atoms with Crippen molar-refractivity contribution in [3.63, 3.8) is 0 Å². The van der Waals surface area contributed by atoms with Crippen molar-refractivity contribution in [3.05, 3.63) is 48.0 Å². The molecule has 1 saturated heterocycles. The third-order valence-electron chi connectivity index (χ3n) is 4.77. The van der Waals surface area contributed by atoms with Gasteiger partial charge in [0.25, 0.3) is 0 Å². The van der Waals surface area contributed by atoms with E-state index in [0.29, 0.717) is 12.8 Å². The van der Waals surface area contributed by atoms with Gasteiger partial charge < -0.3 is 14.6 Å². The van der Waals surface area contributed by atoms with Crippen molar-refractivity contribution in [2.45, 2.75) is 37.2 Å². The van der Waals surface area contributed by atoms with E-state index in [9.17, 15) is 18.0 Å². The lowest BCUT2D eigenvalue weighted by Crippen LogP contribution is -2.45. The van der Waals surface area contributed by atoms with E-state index in [1.807, 2.05) is 6.07 Å². The number of aromatic nitrogens is 2. The fourth-order valence-electron chi connectivity index (χ4n) is 3.32. The summed E-state index contributed by atoms with van der Waals surface area (Å²) in [5.41, 5.74) is 0.970. The van der Waals surface area contributed by atoms with Crippen molar-refractivity contribution in [3.8, 4) is 0 Å². The van der Waals surface area contributed by atoms with E-state index in [0.717, 1.165) is 5.56 Å². The Morgan fingerprint density at radius 1 is 1.38 bits per heavy atom. The lowest BCUT2D eigenvalue weighted by atomic mass is 10.2. The molecular weight excluding hydrogens is 396 g/mol. The maximum Gasteiger partial charge on any atom is 0.354 e. The predicted octanol–water partition coefficient (Wildman–Crippen LogP) is 1.07. The first-order valence-electron chi connectivity index (χ1n) is 9.36. The number of ether oxygens (including phenoxy) is 1. The Labute approximate surface area is 169 Å². The number of sulfonamides is 1. The second-order valence-corrected chi connectivity index (χ2v) is 8.64. The standard InChI is InChI=1S/C19H24N4O5S/c1-3-28-19(25)17-10-15(13-22(17)2)29(26,27)23-9-5-7-16(23)18(24)21-12-14-6-4-8-20-11-14/h4,6,8,10-11,13,16H,3,5,7,9,12H2,1-2H3,(H,21,24). The summed E-state index contributed by atoms with van der Waals surface area (Å²) in [6.45, 7) is 2.39. The van der Waals surface area contributed by atoms with Crippen LogP contribution in [0.1, 0.15) is 35.8 Å². The number of rotatable bonds is 7. The van der Waals surface area contributed by atoms with E-state index in [1.54, 1.807) is 32.4 Å². The van der Waals surface area contributed by atoms with Crippen molar-refractivity contribution in [1.82, 2.24) is 19.2 Å². The monoisotopic (exact) mass is 420 g/mol. The summed E-state index contributed by atoms with van der Waals surface area (Å²) >= 11 is 0. The minimum Gasteiger partial charge on any atom is -0.461 e. The van der Waals surface area contributed by atoms with E-state index in [4.69, 9.17) is 4.74 Å². The van der Waals surface area contributed by atoms with Crippen molar-refractivity contribution in [2.24, 2.45) is 7.05 Å². The first-order valence-corrected chi connectivity index (χ1v) is 10.8. The van der Waals surface area contributed by atoms with Gasteiger partial charge in [-0.15, -0.1) is 0 Å². The van der Waals surface area contributed by atoms with Gasteiger partial charge in [-0.3, -0.25) is 9.78 Å². The quantitative estimate of drug-likeness (QED) is 0.671. The highest BCUT2D eigenvalue weighted by Gasteiger charge is 2.40. The number of hydrogen-bond donors (Lipinski definition) is 1. The molecule has 2 aromatic rings. The van der Waals surface area contributed by atoms with Crippen LogP contribution in [0.3, 0.4) is 0 Å². The van der Waals surface area contributed by atoms with Crippen LogP contribution in [0.25, 0.3) is 0 Å². The fourth-order valence-corrected chi connectivity index (χ4v) is 5.05. The lowest BCUT2D eigenvalue weighted by Gasteiger charge is -2.22. The average molecular weight is 420 g/mol. The number of aryl methyl sites for hydroxylation is 1. The van der Waals surface area contributed by atoms with Crippen molar-refractivity contribution >= 4 is 21.9 Å². The van der Waals surface area contributed by atoms with Gasteiger partial charge in [0.2, 0.25) is 15.9 Å². The molecule has 2 aromatic heterocycles. The summed E-state index contributed by atoms with van der Waals surface area (Å²) in [5.74, 6) is -0.944. The molecule has 29 heavy (non-hydrogen) atoms. The smallest absolute Gasteiger partial charge is 0.354 e. The molecule has 1 atom stereocenters. The second-order valence-electron chi connectivity index (χ2n) is 6.75. The van der Waals surface area contributed by atoms with Crippen molar-refractivity contribution < 1.29 is 22.7 Å². The van der Waals surface area contributed by atoms with Gasteiger partial charge in [0.15, 0.2) is 0 Å². The van der Waals surface area contributed by atoms with Crippen LogP contribution in [-0.4, -0.2) is 53.3 Å². The maximum absolute atomic E-state index is 13.1. The molecule has 9 nitrogen and oxygen atoms in total. The number of amides is 1. The minimum absolute atomic E-state index is 0.0324. The number of hydrogen-bond acceptors (Lipinski definition) is 6. The predicted molar refractivity (Wildman–Crippen MR) is 104 cm³/mol. The third-order valence-corrected chi connectivity index (χ3v) is 6.64. The maximum atomic E-state index is 13.1. The zero-order chi connectivity index (χ0) is 21.0. The summed E-state index contributed by atoms with van der Waals surface area (Å²) in [6.07, 6.45) is 5.67. The van der Waals surface area contributed by atoms with Gasteiger partial charge >= 0.3 is 5.97 Å². The Morgan fingerprint density at radius 2 is 2.17 bits per heavy atom. The van der Waals surface area contributed by atoms with E-state index < -0.39 is 22.0 Å². The SMILES string of the molecule is CCOC(=O)c1cc(S(=O)(=O)N2CCCC2C(=O)NCc2cccnc2)cn1C. The molecule has 0 spiro atoms. The summed E-state index contributed by atoms with van der Waals surface area (Å²) in [7, 11) is -2.36. The summed E-state index contributed by atoms with van der Waals surface area (Å²) in [6, 6.07) is 4.10. The Kier molecular flexibility index (Phi) is 6.33. The Balaban J connectivity index is 1.76. The molecule has 0 radical (unpaired) electrons. The molecule has 1 N–H and O–H groups in total. The molecule has 3 heterocycles. The van der Waals surface area contributed by atoms with Gasteiger partial charge in [-0.05, 0) is 37.5 Å². The van der Waals surface area contributed by atoms with Gasteiger partial charge in [0.1, 0.15) is 16.6 Å². The summed E-state index contributed by atoms with van der Waals surface area (Å²) in [5, 5.41) is 2.78. The second kappa shape index (κ2) is 8.75. The molecule has 1 unspecified atom stereocenters. The molecule has 1 fully saturated rings. The summed E-state index contributed by atoms with van der Waals surface area (Å²) in [4.78, 5) is 28.6. The number of carbonyl (C=O) groups excluding carboxylic acids is 2. The van der Waals surface area contributed by atoms with Crippen LogP contribution in [0.4, 0.5) is 0 Å². The van der Waals surface area contributed by atoms with Gasteiger partial charge in [-0.2, -0.15) is 4.31 Å². The average Bonchev–Trinajstić information content (AvgIpc) is 3.35. The minimum atomic E-state index is -3.93. The number of pyridine rings is 1. The number of carbonyl (C=O) groups is 2. The summed E-state index contributed by atoms with van der Waals surface area (Å²) < 4.78 is 33.9. The van der Waals surface area contributed by atoms with Gasteiger partial charge in [-0.25, -0.2) is 13.2 Å². The molecule has 10 heteroatoms. The lowest BCUT2D eigenvalue weighted by molar-refractivity contribution is -0.124.